The molecule has 18 heavy (non-hydrogen) atoms. The average molecular weight is 260 g/mol. The van der Waals surface area contributed by atoms with Gasteiger partial charge in [-0.1, -0.05) is 13.8 Å². The first-order chi connectivity index (χ1) is 8.29. The molecule has 0 aliphatic rings. The number of hydrogen-bond donors (Lipinski definition) is 3. The number of carbonyl (C=O) groups excluding carboxylic acids is 1. The third-order valence-electron chi connectivity index (χ3n) is 2.53. The van der Waals surface area contributed by atoms with Crippen LogP contribution in [0.25, 0.3) is 0 Å². The molecule has 0 aromatic rings. The van der Waals surface area contributed by atoms with Gasteiger partial charge in [-0.15, -0.1) is 0 Å². The summed E-state index contributed by atoms with van der Waals surface area (Å²) in [6.07, 6.45) is 0.381. The Labute approximate surface area is 108 Å². The average Bonchev–Trinajstić information content (AvgIpc) is 2.23. The molecular formula is C12H24N2O4. The number of hydrogen-bond acceptors (Lipinski definition) is 3. The third kappa shape index (κ3) is 5.86. The fourth-order valence-corrected chi connectivity index (χ4v) is 1.63. The highest BCUT2D eigenvalue weighted by Gasteiger charge is 2.24. The molecule has 1 atom stereocenters. The number of aliphatic hydroxyl groups is 1. The van der Waals surface area contributed by atoms with Crippen LogP contribution in [0.15, 0.2) is 0 Å². The summed E-state index contributed by atoms with van der Waals surface area (Å²) in [7, 11) is 0. The predicted octanol–water partition coefficient (Wildman–Crippen LogP) is 0.898. The Morgan fingerprint density at radius 2 is 1.78 bits per heavy atom. The molecule has 0 aromatic carbocycles. The molecule has 6 nitrogen and oxygen atoms in total. The van der Waals surface area contributed by atoms with Crippen molar-refractivity contribution in [2.24, 2.45) is 5.92 Å². The Bertz CT molecular complexity index is 279. The highest BCUT2D eigenvalue weighted by atomic mass is 16.4. The van der Waals surface area contributed by atoms with Crippen LogP contribution in [-0.4, -0.2) is 52.3 Å². The van der Waals surface area contributed by atoms with Crippen LogP contribution in [0.4, 0.5) is 4.79 Å². The predicted molar refractivity (Wildman–Crippen MR) is 68.3 cm³/mol. The van der Waals surface area contributed by atoms with E-state index in [2.05, 4.69) is 5.32 Å². The summed E-state index contributed by atoms with van der Waals surface area (Å²) in [6.45, 7) is 7.47. The SMILES string of the molecule is CC(C)CC(NC(=O)N(CCO)C(C)C)C(=O)O. The van der Waals surface area contributed by atoms with Crippen LogP contribution in [0.1, 0.15) is 34.1 Å². The second-order valence-corrected chi connectivity index (χ2v) is 4.98. The van der Waals surface area contributed by atoms with E-state index in [0.29, 0.717) is 6.42 Å². The number of amides is 2. The van der Waals surface area contributed by atoms with Crippen LogP contribution >= 0.6 is 0 Å². The molecule has 0 aliphatic heterocycles. The Morgan fingerprint density at radius 1 is 1.22 bits per heavy atom. The van der Waals surface area contributed by atoms with Gasteiger partial charge in [-0.2, -0.15) is 0 Å². The van der Waals surface area contributed by atoms with Gasteiger partial charge in [-0.3, -0.25) is 0 Å². The van der Waals surface area contributed by atoms with Gasteiger partial charge in [-0.25, -0.2) is 9.59 Å². The first-order valence-electron chi connectivity index (χ1n) is 6.20. The molecule has 0 aromatic heterocycles. The lowest BCUT2D eigenvalue weighted by Crippen LogP contribution is -2.51. The van der Waals surface area contributed by atoms with Gasteiger partial charge in [0.15, 0.2) is 0 Å². The number of carboxylic acid groups (broad SMARTS) is 1. The van der Waals surface area contributed by atoms with Crippen molar-refractivity contribution in [2.45, 2.75) is 46.2 Å². The number of aliphatic carboxylic acids is 1. The molecule has 2 amide bonds. The van der Waals surface area contributed by atoms with Gasteiger partial charge in [0.25, 0.3) is 0 Å². The van der Waals surface area contributed by atoms with Crippen LogP contribution in [-0.2, 0) is 4.79 Å². The van der Waals surface area contributed by atoms with Crippen molar-refractivity contribution < 1.29 is 19.8 Å². The highest BCUT2D eigenvalue weighted by molar-refractivity contribution is 5.82. The number of aliphatic hydroxyl groups excluding tert-OH is 1. The lowest BCUT2D eigenvalue weighted by molar-refractivity contribution is -0.139. The van der Waals surface area contributed by atoms with Crippen LogP contribution in [0, 0.1) is 5.92 Å². The summed E-state index contributed by atoms with van der Waals surface area (Å²) in [5.41, 5.74) is 0. The standard InChI is InChI=1S/C12H24N2O4/c1-8(2)7-10(11(16)17)13-12(18)14(5-6-15)9(3)4/h8-10,15H,5-7H2,1-4H3,(H,13,18)(H,16,17). The molecule has 0 radical (unpaired) electrons. The molecular weight excluding hydrogens is 236 g/mol. The number of nitrogens with zero attached hydrogens (tertiary/aromatic N) is 1. The first kappa shape index (κ1) is 16.7. The number of urea groups is 1. The quantitative estimate of drug-likeness (QED) is 0.634. The molecule has 1 unspecified atom stereocenters. The van der Waals surface area contributed by atoms with Gasteiger partial charge in [0.2, 0.25) is 0 Å². The maximum atomic E-state index is 11.9. The monoisotopic (exact) mass is 260 g/mol. The summed E-state index contributed by atoms with van der Waals surface area (Å²) in [5.74, 6) is -0.860. The van der Waals surface area contributed by atoms with Crippen molar-refractivity contribution in [2.75, 3.05) is 13.2 Å². The van der Waals surface area contributed by atoms with Crippen molar-refractivity contribution in [3.05, 3.63) is 0 Å². The largest absolute Gasteiger partial charge is 0.480 e. The maximum absolute atomic E-state index is 11.9. The zero-order valence-corrected chi connectivity index (χ0v) is 11.5. The van der Waals surface area contributed by atoms with Crippen molar-refractivity contribution in [1.29, 1.82) is 0 Å². The molecule has 0 saturated heterocycles. The van der Waals surface area contributed by atoms with Crippen LogP contribution in [0.5, 0.6) is 0 Å². The molecule has 0 spiro atoms. The summed E-state index contributed by atoms with van der Waals surface area (Å²) in [6, 6.07) is -1.44. The Balaban J connectivity index is 4.60. The number of nitrogens with one attached hydrogen (secondary N) is 1. The van der Waals surface area contributed by atoms with Crippen molar-refractivity contribution >= 4 is 12.0 Å². The molecule has 0 saturated carbocycles. The van der Waals surface area contributed by atoms with Gasteiger partial charge in [0, 0.05) is 12.6 Å². The zero-order valence-electron chi connectivity index (χ0n) is 11.5. The lowest BCUT2D eigenvalue weighted by atomic mass is 10.0. The summed E-state index contributed by atoms with van der Waals surface area (Å²) in [4.78, 5) is 24.4. The summed E-state index contributed by atoms with van der Waals surface area (Å²) >= 11 is 0. The van der Waals surface area contributed by atoms with E-state index in [1.807, 2.05) is 27.7 Å². The van der Waals surface area contributed by atoms with Crippen molar-refractivity contribution in [3.8, 4) is 0 Å². The molecule has 0 bridgehead atoms. The molecule has 6 heteroatoms. The van der Waals surface area contributed by atoms with E-state index in [1.54, 1.807) is 0 Å². The van der Waals surface area contributed by atoms with E-state index in [1.165, 1.54) is 4.90 Å². The topological polar surface area (TPSA) is 89.9 Å². The first-order valence-corrected chi connectivity index (χ1v) is 6.20. The van der Waals surface area contributed by atoms with Gasteiger partial charge >= 0.3 is 12.0 Å². The number of rotatable bonds is 7. The minimum Gasteiger partial charge on any atom is -0.480 e. The second kappa shape index (κ2) is 7.92. The van der Waals surface area contributed by atoms with Crippen molar-refractivity contribution in [3.63, 3.8) is 0 Å². The summed E-state index contributed by atoms with van der Waals surface area (Å²) < 4.78 is 0. The minimum absolute atomic E-state index is 0.0920. The normalized spacial score (nSPS) is 12.6. The van der Waals surface area contributed by atoms with Crippen LogP contribution in [0.3, 0.4) is 0 Å². The Morgan fingerprint density at radius 3 is 2.11 bits per heavy atom. The van der Waals surface area contributed by atoms with E-state index < -0.39 is 18.0 Å². The molecule has 0 fully saturated rings. The molecule has 0 heterocycles. The minimum atomic E-state index is -1.04. The van der Waals surface area contributed by atoms with Crippen LogP contribution < -0.4 is 5.32 Å². The van der Waals surface area contributed by atoms with E-state index in [0.717, 1.165) is 0 Å². The van der Waals surface area contributed by atoms with E-state index in [4.69, 9.17) is 10.2 Å². The van der Waals surface area contributed by atoms with Crippen LogP contribution in [0.2, 0.25) is 0 Å². The number of carboxylic acids is 1. The van der Waals surface area contributed by atoms with Gasteiger partial charge in [0.05, 0.1) is 6.61 Å². The van der Waals surface area contributed by atoms with Gasteiger partial charge < -0.3 is 20.4 Å². The molecule has 0 aliphatic carbocycles. The van der Waals surface area contributed by atoms with E-state index in [-0.39, 0.29) is 25.1 Å². The fourth-order valence-electron chi connectivity index (χ4n) is 1.63. The summed E-state index contributed by atoms with van der Waals surface area (Å²) in [5, 5.41) is 20.4. The molecule has 0 rings (SSSR count). The second-order valence-electron chi connectivity index (χ2n) is 4.98. The smallest absolute Gasteiger partial charge is 0.326 e. The number of carbonyl (C=O) groups is 2. The fraction of sp³-hybridized carbons (Fsp3) is 0.833. The molecule has 106 valence electrons. The molecule has 3 N–H and O–H groups in total. The third-order valence-corrected chi connectivity index (χ3v) is 2.53. The van der Waals surface area contributed by atoms with Gasteiger partial charge in [-0.05, 0) is 26.2 Å². The van der Waals surface area contributed by atoms with Crippen molar-refractivity contribution in [1.82, 2.24) is 10.2 Å². The lowest BCUT2D eigenvalue weighted by Gasteiger charge is -2.28. The Hall–Kier alpha value is -1.30. The maximum Gasteiger partial charge on any atom is 0.326 e. The Kier molecular flexibility index (Phi) is 7.35. The van der Waals surface area contributed by atoms with E-state index in [9.17, 15) is 9.59 Å². The van der Waals surface area contributed by atoms with E-state index >= 15 is 0 Å². The highest BCUT2D eigenvalue weighted by Crippen LogP contribution is 2.06. The van der Waals surface area contributed by atoms with Gasteiger partial charge in [0.1, 0.15) is 6.04 Å². The zero-order chi connectivity index (χ0) is 14.3.